The van der Waals surface area contributed by atoms with E-state index in [1.165, 1.54) is 32.2 Å². The van der Waals surface area contributed by atoms with Crippen molar-refractivity contribution in [2.75, 3.05) is 6.54 Å². The van der Waals surface area contributed by atoms with Gasteiger partial charge in [0.15, 0.2) is 0 Å². The first-order chi connectivity index (χ1) is 9.81. The van der Waals surface area contributed by atoms with E-state index in [0.717, 1.165) is 36.2 Å². The minimum atomic E-state index is -0.0233. The van der Waals surface area contributed by atoms with E-state index in [2.05, 4.69) is 5.32 Å². The van der Waals surface area contributed by atoms with E-state index in [-0.39, 0.29) is 5.82 Å². The first-order valence-electron chi connectivity index (χ1n) is 8.29. The Balaban J connectivity index is 1.26. The highest BCUT2D eigenvalue weighted by Crippen LogP contribution is 2.49. The molecule has 0 spiro atoms. The predicted octanol–water partition coefficient (Wildman–Crippen LogP) is 4.10. The average molecular weight is 273 g/mol. The molecular weight excluding hydrogens is 249 g/mol. The third-order valence-corrected chi connectivity index (χ3v) is 5.58. The van der Waals surface area contributed by atoms with Crippen molar-refractivity contribution in [3.8, 4) is 0 Å². The minimum absolute atomic E-state index is 0.0233. The van der Waals surface area contributed by atoms with Gasteiger partial charge in [-0.1, -0.05) is 18.2 Å². The molecule has 1 N–H and O–H groups in total. The maximum atomic E-state index is 13.7. The Hall–Kier alpha value is -0.890. The molecule has 4 rings (SSSR count). The van der Waals surface area contributed by atoms with Crippen molar-refractivity contribution < 1.29 is 4.39 Å². The number of rotatable bonds is 6. The predicted molar refractivity (Wildman–Crippen MR) is 79.1 cm³/mol. The minimum Gasteiger partial charge on any atom is -0.314 e. The van der Waals surface area contributed by atoms with Crippen LogP contribution in [0.15, 0.2) is 24.3 Å². The number of hydrogen-bond acceptors (Lipinski definition) is 1. The van der Waals surface area contributed by atoms with E-state index in [1.807, 2.05) is 12.1 Å². The normalized spacial score (nSPS) is 29.5. The fraction of sp³-hybridized carbons (Fsp3) is 0.667. The van der Waals surface area contributed by atoms with E-state index in [1.54, 1.807) is 12.1 Å². The molecule has 2 heteroatoms. The lowest BCUT2D eigenvalue weighted by atomic mass is 9.75. The molecule has 0 radical (unpaired) electrons. The molecular formula is C18H24FN. The third kappa shape index (κ3) is 2.63. The molecule has 0 heterocycles. The van der Waals surface area contributed by atoms with Crippen LogP contribution in [0.5, 0.6) is 0 Å². The lowest BCUT2D eigenvalue weighted by Gasteiger charge is -2.37. The summed E-state index contributed by atoms with van der Waals surface area (Å²) >= 11 is 0. The van der Waals surface area contributed by atoms with Gasteiger partial charge in [0.25, 0.3) is 0 Å². The summed E-state index contributed by atoms with van der Waals surface area (Å²) in [6.07, 6.45) is 8.08. The highest BCUT2D eigenvalue weighted by molar-refractivity contribution is 5.24. The Bertz CT molecular complexity index is 460. The van der Waals surface area contributed by atoms with Gasteiger partial charge in [0.1, 0.15) is 5.82 Å². The summed E-state index contributed by atoms with van der Waals surface area (Å²) < 4.78 is 13.7. The SMILES string of the molecule is Fc1ccccc1C1CC(NCC(C2CC2)C2CC2)C1. The van der Waals surface area contributed by atoms with Crippen molar-refractivity contribution in [1.82, 2.24) is 5.32 Å². The lowest BCUT2D eigenvalue weighted by molar-refractivity contribution is 0.256. The Labute approximate surface area is 121 Å². The van der Waals surface area contributed by atoms with Crippen LogP contribution in [-0.2, 0) is 0 Å². The maximum Gasteiger partial charge on any atom is 0.126 e. The summed E-state index contributed by atoms with van der Waals surface area (Å²) in [5, 5.41) is 3.76. The molecule has 3 aliphatic rings. The molecule has 0 unspecified atom stereocenters. The summed E-state index contributed by atoms with van der Waals surface area (Å²) in [4.78, 5) is 0. The zero-order valence-electron chi connectivity index (χ0n) is 12.0. The Morgan fingerprint density at radius 2 is 1.70 bits per heavy atom. The lowest BCUT2D eigenvalue weighted by Crippen LogP contribution is -2.43. The van der Waals surface area contributed by atoms with Gasteiger partial charge in [-0.2, -0.15) is 0 Å². The molecule has 0 aromatic heterocycles. The van der Waals surface area contributed by atoms with E-state index in [9.17, 15) is 4.39 Å². The van der Waals surface area contributed by atoms with E-state index >= 15 is 0 Å². The summed E-state index contributed by atoms with van der Waals surface area (Å²) in [6, 6.07) is 7.90. The molecule has 0 aliphatic heterocycles. The fourth-order valence-electron chi connectivity index (χ4n) is 3.91. The Kier molecular flexibility index (Phi) is 3.30. The monoisotopic (exact) mass is 273 g/mol. The van der Waals surface area contributed by atoms with Crippen LogP contribution in [0, 0.1) is 23.6 Å². The van der Waals surface area contributed by atoms with Crippen molar-refractivity contribution in [3.63, 3.8) is 0 Å². The summed E-state index contributed by atoms with van der Waals surface area (Å²) in [6.45, 7) is 1.21. The van der Waals surface area contributed by atoms with Crippen LogP contribution >= 0.6 is 0 Å². The van der Waals surface area contributed by atoms with Gasteiger partial charge < -0.3 is 5.32 Å². The zero-order chi connectivity index (χ0) is 13.5. The van der Waals surface area contributed by atoms with Crippen LogP contribution in [-0.4, -0.2) is 12.6 Å². The van der Waals surface area contributed by atoms with Gasteiger partial charge in [-0.25, -0.2) is 4.39 Å². The van der Waals surface area contributed by atoms with Crippen LogP contribution in [0.2, 0.25) is 0 Å². The standard InChI is InChI=1S/C18H24FN/c19-18-4-2-1-3-16(18)14-9-15(10-14)20-11-17(12-5-6-12)13-7-8-13/h1-4,12-15,17,20H,5-11H2. The van der Waals surface area contributed by atoms with Crippen LogP contribution < -0.4 is 5.32 Å². The van der Waals surface area contributed by atoms with Crippen LogP contribution in [0.25, 0.3) is 0 Å². The molecule has 3 aliphatic carbocycles. The van der Waals surface area contributed by atoms with E-state index in [0.29, 0.717) is 12.0 Å². The highest BCUT2D eigenvalue weighted by atomic mass is 19.1. The second kappa shape index (κ2) is 5.14. The molecule has 1 aromatic carbocycles. The van der Waals surface area contributed by atoms with Crippen LogP contribution in [0.4, 0.5) is 4.39 Å². The zero-order valence-corrected chi connectivity index (χ0v) is 12.0. The first-order valence-corrected chi connectivity index (χ1v) is 8.29. The second-order valence-electron chi connectivity index (χ2n) is 7.13. The third-order valence-electron chi connectivity index (χ3n) is 5.58. The fourth-order valence-corrected chi connectivity index (χ4v) is 3.91. The largest absolute Gasteiger partial charge is 0.314 e. The van der Waals surface area contributed by atoms with Gasteiger partial charge in [-0.15, -0.1) is 0 Å². The van der Waals surface area contributed by atoms with Crippen molar-refractivity contribution in [2.24, 2.45) is 17.8 Å². The van der Waals surface area contributed by atoms with Crippen LogP contribution in [0.1, 0.15) is 50.0 Å². The highest BCUT2D eigenvalue weighted by Gasteiger charge is 2.42. The number of halogens is 1. The van der Waals surface area contributed by atoms with Gasteiger partial charge in [-0.3, -0.25) is 0 Å². The van der Waals surface area contributed by atoms with Crippen molar-refractivity contribution in [3.05, 3.63) is 35.6 Å². The summed E-state index contributed by atoms with van der Waals surface area (Å²) in [7, 11) is 0. The van der Waals surface area contributed by atoms with Crippen molar-refractivity contribution >= 4 is 0 Å². The van der Waals surface area contributed by atoms with E-state index in [4.69, 9.17) is 0 Å². The van der Waals surface area contributed by atoms with Gasteiger partial charge in [0, 0.05) is 6.04 Å². The molecule has 3 saturated carbocycles. The van der Waals surface area contributed by atoms with E-state index < -0.39 is 0 Å². The van der Waals surface area contributed by atoms with Gasteiger partial charge >= 0.3 is 0 Å². The summed E-state index contributed by atoms with van der Waals surface area (Å²) in [5.74, 6) is 3.41. The molecule has 108 valence electrons. The Morgan fingerprint density at radius 1 is 1.05 bits per heavy atom. The van der Waals surface area contributed by atoms with Gasteiger partial charge in [-0.05, 0) is 80.4 Å². The first kappa shape index (κ1) is 12.8. The number of hydrogen-bond donors (Lipinski definition) is 1. The molecule has 0 amide bonds. The molecule has 0 saturated heterocycles. The van der Waals surface area contributed by atoms with Crippen molar-refractivity contribution in [1.29, 1.82) is 0 Å². The molecule has 3 fully saturated rings. The quantitative estimate of drug-likeness (QED) is 0.823. The van der Waals surface area contributed by atoms with Gasteiger partial charge in [0.05, 0.1) is 0 Å². The molecule has 20 heavy (non-hydrogen) atoms. The Morgan fingerprint density at radius 3 is 2.30 bits per heavy atom. The summed E-state index contributed by atoms with van der Waals surface area (Å²) in [5.41, 5.74) is 0.923. The van der Waals surface area contributed by atoms with Crippen LogP contribution in [0.3, 0.4) is 0 Å². The topological polar surface area (TPSA) is 12.0 Å². The second-order valence-corrected chi connectivity index (χ2v) is 7.13. The smallest absolute Gasteiger partial charge is 0.126 e. The molecule has 0 atom stereocenters. The number of nitrogens with one attached hydrogen (secondary N) is 1. The number of benzene rings is 1. The molecule has 1 nitrogen and oxygen atoms in total. The maximum absolute atomic E-state index is 13.7. The molecule has 1 aromatic rings. The molecule has 0 bridgehead atoms. The average Bonchev–Trinajstić information content (AvgIpc) is 3.25. The van der Waals surface area contributed by atoms with Crippen molar-refractivity contribution in [2.45, 2.75) is 50.5 Å². The van der Waals surface area contributed by atoms with Gasteiger partial charge in [0.2, 0.25) is 0 Å².